The number of rotatable bonds is 2. The van der Waals surface area contributed by atoms with Crippen LogP contribution in [0.1, 0.15) is 91.7 Å². The third kappa shape index (κ3) is 6.42. The highest BCUT2D eigenvalue weighted by Crippen LogP contribution is 2.38. The minimum absolute atomic E-state index is 0.0276. The minimum Gasteiger partial charge on any atom is -0.350 e. The lowest BCUT2D eigenvalue weighted by Gasteiger charge is -2.36. The Bertz CT molecular complexity index is 1020. The number of fused-ring (bicyclic) bond motifs is 13. The van der Waals surface area contributed by atoms with Gasteiger partial charge in [0.05, 0.1) is 6.04 Å². The van der Waals surface area contributed by atoms with Crippen LogP contribution >= 0.6 is 0 Å². The van der Waals surface area contributed by atoms with Gasteiger partial charge in [0, 0.05) is 17.8 Å². The first-order valence-corrected chi connectivity index (χ1v) is 13.4. The standard InChI is InChI=1S/C32H45NO2/c1-20-9-10-27(17-20)18-21(2)29-16-13-26-11-14-28(15-12-26)24(5)23(4)25(6)31(35)32(7,8)22(3)19-30(34)33-29/h10-12,14-15,17-18,22-25,29H,9,13,16,19H2,1-8H3,(H,33,34)/b21-18+/t22-,23-,24+,25+,29?/m0/s1. The fourth-order valence-electron chi connectivity index (χ4n) is 5.45. The van der Waals surface area contributed by atoms with Gasteiger partial charge in [0.1, 0.15) is 5.78 Å². The zero-order valence-electron chi connectivity index (χ0n) is 23.1. The van der Waals surface area contributed by atoms with Crippen molar-refractivity contribution in [3.8, 4) is 0 Å². The molecule has 5 atom stereocenters. The average molecular weight is 476 g/mol. The summed E-state index contributed by atoms with van der Waals surface area (Å²) in [5, 5.41) is 3.32. The minimum atomic E-state index is -0.566. The van der Waals surface area contributed by atoms with Crippen LogP contribution in [0.2, 0.25) is 0 Å². The molecule has 190 valence electrons. The maximum atomic E-state index is 13.6. The van der Waals surface area contributed by atoms with Crippen molar-refractivity contribution >= 4 is 11.7 Å². The number of hydrogen-bond donors (Lipinski definition) is 1. The Morgan fingerprint density at radius 1 is 1.03 bits per heavy atom. The molecule has 35 heavy (non-hydrogen) atoms. The van der Waals surface area contributed by atoms with Crippen LogP contribution in [0.5, 0.6) is 0 Å². The van der Waals surface area contributed by atoms with Crippen LogP contribution < -0.4 is 5.32 Å². The highest BCUT2D eigenvalue weighted by molar-refractivity contribution is 5.87. The number of Topliss-reactive ketones (excluding diaryl/α,β-unsaturated/α-hetero) is 1. The van der Waals surface area contributed by atoms with E-state index in [0.717, 1.165) is 19.3 Å². The predicted octanol–water partition coefficient (Wildman–Crippen LogP) is 7.34. The van der Waals surface area contributed by atoms with Gasteiger partial charge in [-0.3, -0.25) is 9.59 Å². The van der Waals surface area contributed by atoms with Gasteiger partial charge in [-0.1, -0.05) is 95.2 Å². The number of nitrogens with one attached hydrogen (secondary N) is 1. The van der Waals surface area contributed by atoms with Crippen molar-refractivity contribution < 1.29 is 9.59 Å². The van der Waals surface area contributed by atoms with Gasteiger partial charge in [-0.25, -0.2) is 0 Å². The predicted molar refractivity (Wildman–Crippen MR) is 146 cm³/mol. The first-order valence-electron chi connectivity index (χ1n) is 13.4. The fourth-order valence-corrected chi connectivity index (χ4v) is 5.45. The summed E-state index contributed by atoms with van der Waals surface area (Å²) in [5.74, 6) is 0.677. The molecule has 0 fully saturated rings. The first kappa shape index (κ1) is 27.2. The van der Waals surface area contributed by atoms with Crippen molar-refractivity contribution in [2.24, 2.45) is 23.2 Å². The lowest BCUT2D eigenvalue weighted by atomic mass is 9.67. The smallest absolute Gasteiger partial charge is 0.220 e. The molecular formula is C32H45NO2. The molecule has 1 amide bonds. The Balaban J connectivity index is 1.94. The molecule has 3 aliphatic rings. The van der Waals surface area contributed by atoms with Crippen LogP contribution in [0.15, 0.2) is 59.2 Å². The number of aryl methyl sites for hydroxylation is 1. The SMILES string of the molecule is CC1=CC(/C=C(\C)C2CCc3ccc(cc3)[C@H](C)[C@H](C)[C@@H](C)C(=O)C(C)(C)[C@@H](C)CC(=O)N2)=CC1. The maximum Gasteiger partial charge on any atom is 0.220 e. The maximum absolute atomic E-state index is 13.6. The van der Waals surface area contributed by atoms with Crippen molar-refractivity contribution in [1.82, 2.24) is 5.32 Å². The number of hydrogen-bond acceptors (Lipinski definition) is 2. The second-order valence-corrected chi connectivity index (χ2v) is 11.8. The molecule has 0 saturated heterocycles. The molecule has 4 rings (SSSR count). The second kappa shape index (κ2) is 11.1. The van der Waals surface area contributed by atoms with E-state index in [1.807, 2.05) is 20.8 Å². The van der Waals surface area contributed by atoms with Crippen molar-refractivity contribution in [1.29, 1.82) is 0 Å². The molecule has 3 heteroatoms. The summed E-state index contributed by atoms with van der Waals surface area (Å²) in [5.41, 5.74) is 5.76. The third-order valence-electron chi connectivity index (χ3n) is 8.93. The number of carbonyl (C=O) groups excluding carboxylic acids is 2. The zero-order chi connectivity index (χ0) is 25.9. The molecule has 1 unspecified atom stereocenters. The number of benzene rings is 1. The summed E-state index contributed by atoms with van der Waals surface area (Å²) in [6.45, 7) is 16.8. The van der Waals surface area contributed by atoms with Crippen LogP contribution in [0.3, 0.4) is 0 Å². The van der Waals surface area contributed by atoms with E-state index >= 15 is 0 Å². The highest BCUT2D eigenvalue weighted by Gasteiger charge is 2.40. The molecule has 1 N–H and O–H groups in total. The quantitative estimate of drug-likeness (QED) is 0.486. The zero-order valence-corrected chi connectivity index (χ0v) is 23.1. The lowest BCUT2D eigenvalue weighted by molar-refractivity contribution is -0.136. The topological polar surface area (TPSA) is 46.2 Å². The summed E-state index contributed by atoms with van der Waals surface area (Å²) >= 11 is 0. The highest BCUT2D eigenvalue weighted by atomic mass is 16.1. The van der Waals surface area contributed by atoms with E-state index < -0.39 is 5.41 Å². The van der Waals surface area contributed by atoms with E-state index in [-0.39, 0.29) is 35.5 Å². The molecule has 1 aliphatic carbocycles. The van der Waals surface area contributed by atoms with E-state index in [4.69, 9.17) is 0 Å². The summed E-state index contributed by atoms with van der Waals surface area (Å²) in [7, 11) is 0. The fraction of sp³-hybridized carbons (Fsp3) is 0.562. The number of allylic oxidation sites excluding steroid dienone is 5. The molecule has 0 radical (unpaired) electrons. The normalized spacial score (nSPS) is 30.6. The van der Waals surface area contributed by atoms with E-state index in [1.165, 1.54) is 27.8 Å². The Morgan fingerprint density at radius 3 is 2.29 bits per heavy atom. The molecule has 1 aromatic carbocycles. The van der Waals surface area contributed by atoms with Crippen LogP contribution in [0.25, 0.3) is 0 Å². The number of ketones is 1. The van der Waals surface area contributed by atoms with E-state index in [9.17, 15) is 9.59 Å². The van der Waals surface area contributed by atoms with E-state index in [1.54, 1.807) is 0 Å². The molecule has 3 nitrogen and oxygen atoms in total. The van der Waals surface area contributed by atoms with Gasteiger partial charge < -0.3 is 5.32 Å². The molecule has 0 aromatic heterocycles. The van der Waals surface area contributed by atoms with Gasteiger partial charge in [-0.05, 0) is 67.6 Å². The molecule has 1 aromatic rings. The summed E-state index contributed by atoms with van der Waals surface area (Å²) < 4.78 is 0. The van der Waals surface area contributed by atoms with Gasteiger partial charge in [0.25, 0.3) is 0 Å². The molecule has 2 aliphatic heterocycles. The summed E-state index contributed by atoms with van der Waals surface area (Å²) in [6.07, 6.45) is 9.79. The molecule has 0 saturated carbocycles. The lowest BCUT2D eigenvalue weighted by Crippen LogP contribution is -2.42. The monoisotopic (exact) mass is 475 g/mol. The van der Waals surface area contributed by atoms with E-state index in [2.05, 4.69) is 82.4 Å². The molecule has 2 bridgehead atoms. The Labute approximate surface area is 213 Å². The van der Waals surface area contributed by atoms with Gasteiger partial charge in [0.15, 0.2) is 0 Å². The van der Waals surface area contributed by atoms with Gasteiger partial charge in [-0.15, -0.1) is 0 Å². The second-order valence-electron chi connectivity index (χ2n) is 11.8. The Kier molecular flexibility index (Phi) is 8.62. The number of carbonyl (C=O) groups is 2. The van der Waals surface area contributed by atoms with Crippen LogP contribution in [0.4, 0.5) is 0 Å². The number of amides is 1. The van der Waals surface area contributed by atoms with Crippen LogP contribution in [0, 0.1) is 23.2 Å². The van der Waals surface area contributed by atoms with Crippen LogP contribution in [-0.4, -0.2) is 17.7 Å². The molecular weight excluding hydrogens is 430 g/mol. The average Bonchev–Trinajstić information content (AvgIpc) is 3.23. The van der Waals surface area contributed by atoms with Gasteiger partial charge in [-0.2, -0.15) is 0 Å². The summed E-state index contributed by atoms with van der Waals surface area (Å²) in [6, 6.07) is 8.84. The van der Waals surface area contributed by atoms with Gasteiger partial charge in [0.2, 0.25) is 5.91 Å². The summed E-state index contributed by atoms with van der Waals surface area (Å²) in [4.78, 5) is 26.9. The van der Waals surface area contributed by atoms with Gasteiger partial charge >= 0.3 is 0 Å². The largest absolute Gasteiger partial charge is 0.350 e. The molecule has 2 heterocycles. The first-order chi connectivity index (χ1) is 16.4. The Hall–Kier alpha value is -2.42. The Morgan fingerprint density at radius 2 is 1.69 bits per heavy atom. The van der Waals surface area contributed by atoms with E-state index in [0.29, 0.717) is 12.3 Å². The van der Waals surface area contributed by atoms with Crippen molar-refractivity contribution in [2.75, 3.05) is 0 Å². The van der Waals surface area contributed by atoms with Crippen molar-refractivity contribution in [3.63, 3.8) is 0 Å². The third-order valence-corrected chi connectivity index (χ3v) is 8.93. The van der Waals surface area contributed by atoms with Crippen molar-refractivity contribution in [3.05, 3.63) is 70.3 Å². The van der Waals surface area contributed by atoms with Crippen LogP contribution in [-0.2, 0) is 16.0 Å². The van der Waals surface area contributed by atoms with Crippen molar-refractivity contribution in [2.45, 2.75) is 93.0 Å². The molecule has 0 spiro atoms.